The Labute approximate surface area is 109 Å². The molecule has 5 atom stereocenters. The first-order valence-electron chi connectivity index (χ1n) is 7.35. The summed E-state index contributed by atoms with van der Waals surface area (Å²) < 4.78 is 5.66. The zero-order valence-corrected chi connectivity index (χ0v) is 11.4. The van der Waals surface area contributed by atoms with E-state index in [0.717, 1.165) is 39.1 Å². The van der Waals surface area contributed by atoms with Gasteiger partial charge in [0.2, 0.25) is 5.91 Å². The summed E-state index contributed by atoms with van der Waals surface area (Å²) in [4.78, 5) is 14.8. The maximum atomic E-state index is 12.7. The van der Waals surface area contributed by atoms with Gasteiger partial charge >= 0.3 is 0 Å². The van der Waals surface area contributed by atoms with Gasteiger partial charge in [-0.05, 0) is 31.6 Å². The molecule has 0 bridgehead atoms. The summed E-state index contributed by atoms with van der Waals surface area (Å²) in [5.41, 5.74) is 0. The third-order valence-corrected chi connectivity index (χ3v) is 5.15. The Morgan fingerprint density at radius 3 is 3.00 bits per heavy atom. The monoisotopic (exact) mass is 252 g/mol. The fourth-order valence-corrected chi connectivity index (χ4v) is 4.00. The van der Waals surface area contributed by atoms with Crippen LogP contribution in [0.3, 0.4) is 0 Å². The molecule has 4 nitrogen and oxygen atoms in total. The van der Waals surface area contributed by atoms with E-state index < -0.39 is 0 Å². The molecule has 3 aliphatic heterocycles. The quantitative estimate of drug-likeness (QED) is 0.793. The van der Waals surface area contributed by atoms with Gasteiger partial charge in [-0.1, -0.05) is 6.92 Å². The largest absolute Gasteiger partial charge is 0.377 e. The Morgan fingerprint density at radius 1 is 1.44 bits per heavy atom. The fourth-order valence-electron chi connectivity index (χ4n) is 4.00. The summed E-state index contributed by atoms with van der Waals surface area (Å²) >= 11 is 0. The summed E-state index contributed by atoms with van der Waals surface area (Å²) in [5, 5.41) is 3.44. The van der Waals surface area contributed by atoms with Crippen LogP contribution in [0.2, 0.25) is 0 Å². The fraction of sp³-hybridized carbons (Fsp3) is 0.929. The Kier molecular flexibility index (Phi) is 3.32. The van der Waals surface area contributed by atoms with Gasteiger partial charge in [0.1, 0.15) is 0 Å². The molecule has 3 rings (SSSR count). The van der Waals surface area contributed by atoms with Crippen LogP contribution in [0.15, 0.2) is 0 Å². The number of ether oxygens (including phenoxy) is 1. The van der Waals surface area contributed by atoms with Crippen LogP contribution in [0.25, 0.3) is 0 Å². The Hall–Kier alpha value is -0.610. The third kappa shape index (κ3) is 1.86. The Morgan fingerprint density at radius 2 is 2.28 bits per heavy atom. The van der Waals surface area contributed by atoms with Gasteiger partial charge in [-0.2, -0.15) is 0 Å². The normalized spacial score (nSPS) is 43.4. The van der Waals surface area contributed by atoms with Gasteiger partial charge in [-0.3, -0.25) is 4.79 Å². The highest BCUT2D eigenvalue weighted by molar-refractivity contribution is 5.80. The zero-order chi connectivity index (χ0) is 12.7. The van der Waals surface area contributed by atoms with Crippen LogP contribution < -0.4 is 5.32 Å². The lowest BCUT2D eigenvalue weighted by Gasteiger charge is -2.28. The van der Waals surface area contributed by atoms with Gasteiger partial charge in [-0.25, -0.2) is 0 Å². The molecule has 3 aliphatic rings. The van der Waals surface area contributed by atoms with Crippen molar-refractivity contribution < 1.29 is 9.53 Å². The molecule has 3 saturated heterocycles. The van der Waals surface area contributed by atoms with Gasteiger partial charge < -0.3 is 15.0 Å². The molecule has 3 heterocycles. The van der Waals surface area contributed by atoms with Crippen molar-refractivity contribution in [2.24, 2.45) is 17.8 Å². The van der Waals surface area contributed by atoms with Gasteiger partial charge in [-0.15, -0.1) is 0 Å². The first kappa shape index (κ1) is 12.4. The summed E-state index contributed by atoms with van der Waals surface area (Å²) in [7, 11) is 0. The summed E-state index contributed by atoms with van der Waals surface area (Å²) in [6.45, 7) is 8.19. The van der Waals surface area contributed by atoms with Gasteiger partial charge in [0.15, 0.2) is 0 Å². The second-order valence-corrected chi connectivity index (χ2v) is 6.03. The van der Waals surface area contributed by atoms with E-state index in [0.29, 0.717) is 23.8 Å². The van der Waals surface area contributed by atoms with E-state index >= 15 is 0 Å². The zero-order valence-electron chi connectivity index (χ0n) is 11.4. The van der Waals surface area contributed by atoms with E-state index in [1.165, 1.54) is 0 Å². The number of hydrogen-bond donors (Lipinski definition) is 1. The average molecular weight is 252 g/mol. The smallest absolute Gasteiger partial charge is 0.228 e. The number of carbonyl (C=O) groups is 1. The molecule has 5 unspecified atom stereocenters. The number of hydrogen-bond acceptors (Lipinski definition) is 3. The van der Waals surface area contributed by atoms with Crippen LogP contribution in [0.4, 0.5) is 0 Å². The van der Waals surface area contributed by atoms with Crippen LogP contribution in [0.5, 0.6) is 0 Å². The van der Waals surface area contributed by atoms with E-state index in [4.69, 9.17) is 4.74 Å². The molecule has 102 valence electrons. The molecule has 0 aromatic carbocycles. The number of amides is 1. The Balaban J connectivity index is 1.69. The first-order chi connectivity index (χ1) is 8.72. The van der Waals surface area contributed by atoms with Crippen LogP contribution in [-0.4, -0.2) is 49.2 Å². The van der Waals surface area contributed by atoms with E-state index in [2.05, 4.69) is 24.1 Å². The van der Waals surface area contributed by atoms with Crippen molar-refractivity contribution in [1.29, 1.82) is 0 Å². The lowest BCUT2D eigenvalue weighted by Crippen LogP contribution is -2.43. The topological polar surface area (TPSA) is 41.6 Å². The molecular formula is C14H24N2O2. The highest BCUT2D eigenvalue weighted by Gasteiger charge is 2.46. The van der Waals surface area contributed by atoms with Crippen molar-refractivity contribution >= 4 is 5.91 Å². The van der Waals surface area contributed by atoms with Crippen LogP contribution in [0, 0.1) is 17.8 Å². The molecule has 0 radical (unpaired) electrons. The van der Waals surface area contributed by atoms with Crippen LogP contribution >= 0.6 is 0 Å². The first-order valence-corrected chi connectivity index (χ1v) is 7.35. The molecule has 0 saturated carbocycles. The minimum atomic E-state index is 0.115. The number of fused-ring (bicyclic) bond motifs is 1. The Bertz CT molecular complexity index is 334. The molecule has 1 amide bonds. The molecular weight excluding hydrogens is 228 g/mol. The van der Waals surface area contributed by atoms with Gasteiger partial charge in [0.25, 0.3) is 0 Å². The van der Waals surface area contributed by atoms with E-state index in [1.54, 1.807) is 0 Å². The number of nitrogens with one attached hydrogen (secondary N) is 1. The second kappa shape index (κ2) is 4.82. The number of likely N-dealkylation sites (tertiary alicyclic amines) is 1. The molecule has 0 aromatic rings. The average Bonchev–Trinajstić information content (AvgIpc) is 3.05. The predicted octanol–water partition coefficient (Wildman–Crippen LogP) is 0.868. The number of rotatable bonds is 2. The molecule has 4 heteroatoms. The lowest BCUT2D eigenvalue weighted by molar-refractivity contribution is -0.138. The number of carbonyl (C=O) groups excluding carboxylic acids is 1. The lowest BCUT2D eigenvalue weighted by atomic mass is 9.95. The minimum Gasteiger partial charge on any atom is -0.377 e. The van der Waals surface area contributed by atoms with Gasteiger partial charge in [0, 0.05) is 32.3 Å². The molecule has 3 fully saturated rings. The highest BCUT2D eigenvalue weighted by atomic mass is 16.5. The minimum absolute atomic E-state index is 0.115. The molecule has 0 spiro atoms. The van der Waals surface area contributed by atoms with E-state index in [1.807, 2.05) is 0 Å². The van der Waals surface area contributed by atoms with Crippen molar-refractivity contribution in [3.63, 3.8) is 0 Å². The maximum absolute atomic E-state index is 12.7. The van der Waals surface area contributed by atoms with Crippen molar-refractivity contribution in [1.82, 2.24) is 10.2 Å². The van der Waals surface area contributed by atoms with Crippen molar-refractivity contribution in [3.05, 3.63) is 0 Å². The summed E-state index contributed by atoms with van der Waals surface area (Å²) in [6, 6.07) is 0.399. The van der Waals surface area contributed by atoms with Crippen molar-refractivity contribution in [3.8, 4) is 0 Å². The second-order valence-electron chi connectivity index (χ2n) is 6.03. The molecule has 18 heavy (non-hydrogen) atoms. The van der Waals surface area contributed by atoms with Crippen molar-refractivity contribution in [2.75, 3.05) is 26.2 Å². The highest BCUT2D eigenvalue weighted by Crippen LogP contribution is 2.35. The van der Waals surface area contributed by atoms with Crippen LogP contribution in [0.1, 0.15) is 26.7 Å². The predicted molar refractivity (Wildman–Crippen MR) is 69.2 cm³/mol. The number of nitrogens with zero attached hydrogens (tertiary/aromatic N) is 1. The van der Waals surface area contributed by atoms with Crippen LogP contribution in [-0.2, 0) is 9.53 Å². The van der Waals surface area contributed by atoms with E-state index in [9.17, 15) is 4.79 Å². The summed E-state index contributed by atoms with van der Waals surface area (Å²) in [6.07, 6.45) is 2.02. The van der Waals surface area contributed by atoms with Gasteiger partial charge in [0.05, 0.1) is 12.0 Å². The third-order valence-electron chi connectivity index (χ3n) is 5.15. The molecule has 0 aliphatic carbocycles. The molecule has 1 N–H and O–H groups in total. The maximum Gasteiger partial charge on any atom is 0.228 e. The SMILES string of the molecule is CCC1OCCC1C(=O)N1CC2CNCC2C1C. The van der Waals surface area contributed by atoms with E-state index in [-0.39, 0.29) is 12.0 Å². The standard InChI is InChI=1S/C14H24N2O2/c1-3-13-11(4-5-18-13)14(17)16-8-10-6-15-7-12(10)9(16)2/h9-13,15H,3-8H2,1-2H3. The summed E-state index contributed by atoms with van der Waals surface area (Å²) in [5.74, 6) is 1.80. The molecule has 0 aromatic heterocycles. The van der Waals surface area contributed by atoms with Crippen molar-refractivity contribution in [2.45, 2.75) is 38.8 Å².